The second kappa shape index (κ2) is 9.15. The molecule has 0 aliphatic heterocycles. The van der Waals surface area contributed by atoms with Crippen molar-refractivity contribution >= 4 is 5.97 Å². The molecule has 6 nitrogen and oxygen atoms in total. The van der Waals surface area contributed by atoms with E-state index < -0.39 is 5.97 Å². The summed E-state index contributed by atoms with van der Waals surface area (Å²) in [5.74, 6) is -0.894. The lowest BCUT2D eigenvalue weighted by Crippen LogP contribution is -2.12. The number of carbonyl (C=O) groups excluding carboxylic acids is 1. The Morgan fingerprint density at radius 2 is 2.00 bits per heavy atom. The van der Waals surface area contributed by atoms with Crippen LogP contribution in [-0.2, 0) is 24.0 Å². The molecular weight excluding hydrogens is 202 g/mol. The van der Waals surface area contributed by atoms with Crippen molar-refractivity contribution < 1.29 is 24.0 Å². The summed E-state index contributed by atoms with van der Waals surface area (Å²) in [5.41, 5.74) is -0.310. The molecule has 0 heterocycles. The number of hydrogen-bond acceptors (Lipinski definition) is 6. The highest BCUT2D eigenvalue weighted by Gasteiger charge is 2.07. The number of nitrogens with zero attached hydrogens (tertiary/aromatic N) is 1. The van der Waals surface area contributed by atoms with Gasteiger partial charge in [0, 0.05) is 7.11 Å². The van der Waals surface area contributed by atoms with Crippen molar-refractivity contribution in [2.24, 2.45) is 0 Å². The molecule has 0 saturated carbocycles. The van der Waals surface area contributed by atoms with Crippen molar-refractivity contribution in [1.29, 1.82) is 5.26 Å². The zero-order chi connectivity index (χ0) is 11.5. The number of methoxy groups -OCH3 is 1. The molecule has 0 fully saturated rings. The van der Waals surface area contributed by atoms with Crippen molar-refractivity contribution in [2.45, 2.75) is 0 Å². The topological polar surface area (TPSA) is 77.8 Å². The highest BCUT2D eigenvalue weighted by Crippen LogP contribution is 1.92. The molecule has 0 atom stereocenters. The van der Waals surface area contributed by atoms with E-state index in [0.717, 1.165) is 0 Å². The maximum atomic E-state index is 10.8. The lowest BCUT2D eigenvalue weighted by Gasteiger charge is -2.03. The monoisotopic (exact) mass is 215 g/mol. The van der Waals surface area contributed by atoms with Gasteiger partial charge in [0.25, 0.3) is 0 Å². The summed E-state index contributed by atoms with van der Waals surface area (Å²) in [6, 6.07) is 1.54. The van der Waals surface area contributed by atoms with E-state index in [0.29, 0.717) is 13.2 Å². The van der Waals surface area contributed by atoms with Crippen molar-refractivity contribution in [2.75, 3.05) is 33.5 Å². The first-order valence-electron chi connectivity index (χ1n) is 4.22. The molecule has 15 heavy (non-hydrogen) atoms. The highest BCUT2D eigenvalue weighted by atomic mass is 17.2. The Morgan fingerprint density at radius 1 is 1.33 bits per heavy atom. The van der Waals surface area contributed by atoms with Gasteiger partial charge in [-0.3, -0.25) is 4.89 Å². The van der Waals surface area contributed by atoms with Crippen LogP contribution in [0.15, 0.2) is 12.2 Å². The number of hydrogen-bond donors (Lipinski definition) is 0. The molecular formula is C9H13NO5. The number of ether oxygens (including phenoxy) is 2. The second-order valence-corrected chi connectivity index (χ2v) is 2.39. The van der Waals surface area contributed by atoms with Gasteiger partial charge in [0.1, 0.15) is 18.2 Å². The Morgan fingerprint density at radius 3 is 2.60 bits per heavy atom. The Balaban J connectivity index is 3.28. The molecule has 6 heteroatoms. The standard InChI is InChI=1S/C9H13NO5/c1-8(7-10)9(11)15-14-6-5-13-4-3-12-2/h1,3-6H2,2H3. The summed E-state index contributed by atoms with van der Waals surface area (Å²) in [5, 5.41) is 8.26. The van der Waals surface area contributed by atoms with Gasteiger partial charge in [0.2, 0.25) is 0 Å². The van der Waals surface area contributed by atoms with Crippen molar-refractivity contribution in [3.63, 3.8) is 0 Å². The van der Waals surface area contributed by atoms with Crippen LogP contribution in [-0.4, -0.2) is 39.5 Å². The number of nitriles is 1. The zero-order valence-electron chi connectivity index (χ0n) is 8.52. The Hall–Kier alpha value is -1.42. The second-order valence-electron chi connectivity index (χ2n) is 2.39. The molecule has 0 amide bonds. The average molecular weight is 215 g/mol. The molecule has 0 rings (SSSR count). The van der Waals surface area contributed by atoms with Gasteiger partial charge in [0.05, 0.1) is 19.8 Å². The van der Waals surface area contributed by atoms with Crippen molar-refractivity contribution in [3.05, 3.63) is 12.2 Å². The molecule has 0 N–H and O–H groups in total. The van der Waals surface area contributed by atoms with Gasteiger partial charge in [-0.05, 0) is 0 Å². The van der Waals surface area contributed by atoms with Crippen LogP contribution < -0.4 is 0 Å². The molecule has 0 aromatic carbocycles. The van der Waals surface area contributed by atoms with E-state index in [2.05, 4.69) is 16.4 Å². The molecule has 0 unspecified atom stereocenters. The van der Waals surface area contributed by atoms with Crippen molar-refractivity contribution in [3.8, 4) is 6.07 Å². The molecule has 0 aliphatic carbocycles. The first-order valence-corrected chi connectivity index (χ1v) is 4.22. The van der Waals surface area contributed by atoms with Gasteiger partial charge in [0.15, 0.2) is 0 Å². The molecule has 0 spiro atoms. The van der Waals surface area contributed by atoms with Crippen LogP contribution in [0.2, 0.25) is 0 Å². The normalized spacial score (nSPS) is 9.33. The Kier molecular flexibility index (Phi) is 8.28. The summed E-state index contributed by atoms with van der Waals surface area (Å²) in [7, 11) is 1.56. The van der Waals surface area contributed by atoms with Crippen LogP contribution in [0.5, 0.6) is 0 Å². The number of carbonyl (C=O) groups is 1. The fourth-order valence-electron chi connectivity index (χ4n) is 0.528. The quantitative estimate of drug-likeness (QED) is 0.189. The molecule has 84 valence electrons. The van der Waals surface area contributed by atoms with E-state index in [9.17, 15) is 4.79 Å². The van der Waals surface area contributed by atoms with Crippen LogP contribution in [0.3, 0.4) is 0 Å². The highest BCUT2D eigenvalue weighted by molar-refractivity contribution is 5.91. The minimum absolute atomic E-state index is 0.0914. The van der Waals surface area contributed by atoms with E-state index in [1.807, 2.05) is 0 Å². The maximum absolute atomic E-state index is 10.8. The Labute approximate surface area is 87.9 Å². The van der Waals surface area contributed by atoms with E-state index in [-0.39, 0.29) is 18.8 Å². The zero-order valence-corrected chi connectivity index (χ0v) is 8.52. The van der Waals surface area contributed by atoms with Gasteiger partial charge in [-0.1, -0.05) is 6.58 Å². The minimum Gasteiger partial charge on any atom is -0.382 e. The van der Waals surface area contributed by atoms with Crippen LogP contribution in [0.25, 0.3) is 0 Å². The third-order valence-electron chi connectivity index (χ3n) is 1.26. The lowest BCUT2D eigenvalue weighted by molar-refractivity contribution is -0.272. The van der Waals surface area contributed by atoms with E-state index in [1.165, 1.54) is 6.07 Å². The van der Waals surface area contributed by atoms with E-state index >= 15 is 0 Å². The molecule has 0 bridgehead atoms. The predicted octanol–water partition coefficient (Wildman–Crippen LogP) is 0.204. The van der Waals surface area contributed by atoms with Crippen LogP contribution in [0.4, 0.5) is 0 Å². The molecule has 0 aromatic heterocycles. The summed E-state index contributed by atoms with van der Waals surface area (Å²) in [6.45, 7) is 4.45. The third-order valence-corrected chi connectivity index (χ3v) is 1.26. The minimum atomic E-state index is -0.894. The first kappa shape index (κ1) is 13.6. The average Bonchev–Trinajstić information content (AvgIpc) is 2.26. The van der Waals surface area contributed by atoms with Crippen LogP contribution in [0, 0.1) is 11.3 Å². The molecule has 0 saturated heterocycles. The van der Waals surface area contributed by atoms with Gasteiger partial charge >= 0.3 is 5.97 Å². The smallest absolute Gasteiger partial charge is 0.382 e. The Bertz CT molecular complexity index is 245. The first-order chi connectivity index (χ1) is 7.22. The van der Waals surface area contributed by atoms with E-state index in [1.54, 1.807) is 7.11 Å². The summed E-state index contributed by atoms with van der Waals surface area (Å²) in [6.07, 6.45) is 0. The largest absolute Gasteiger partial charge is 0.382 e. The SMILES string of the molecule is C=C(C#N)C(=O)OOCCOCCOC. The number of rotatable bonds is 8. The summed E-state index contributed by atoms with van der Waals surface area (Å²) >= 11 is 0. The van der Waals surface area contributed by atoms with Crippen molar-refractivity contribution in [1.82, 2.24) is 0 Å². The molecule has 0 aromatic rings. The third kappa shape index (κ3) is 7.64. The lowest BCUT2D eigenvalue weighted by atomic mass is 10.4. The fraction of sp³-hybridized carbons (Fsp3) is 0.556. The predicted molar refractivity (Wildman–Crippen MR) is 49.5 cm³/mol. The van der Waals surface area contributed by atoms with Gasteiger partial charge in [-0.25, -0.2) is 4.79 Å². The molecule has 0 radical (unpaired) electrons. The van der Waals surface area contributed by atoms with E-state index in [4.69, 9.17) is 14.7 Å². The van der Waals surface area contributed by atoms with Crippen LogP contribution >= 0.6 is 0 Å². The van der Waals surface area contributed by atoms with Crippen LogP contribution in [0.1, 0.15) is 0 Å². The summed E-state index contributed by atoms with van der Waals surface area (Å²) in [4.78, 5) is 19.5. The fourth-order valence-corrected chi connectivity index (χ4v) is 0.528. The molecule has 0 aliphatic rings. The maximum Gasteiger partial charge on any atom is 0.382 e. The summed E-state index contributed by atoms with van der Waals surface area (Å²) < 4.78 is 9.75. The van der Waals surface area contributed by atoms with Gasteiger partial charge in [-0.15, -0.1) is 0 Å². The van der Waals surface area contributed by atoms with Gasteiger partial charge in [-0.2, -0.15) is 10.1 Å². The van der Waals surface area contributed by atoms with Gasteiger partial charge < -0.3 is 9.47 Å².